The third-order valence-corrected chi connectivity index (χ3v) is 5.75. The zero-order chi connectivity index (χ0) is 28.4. The summed E-state index contributed by atoms with van der Waals surface area (Å²) < 4.78 is 19.5. The van der Waals surface area contributed by atoms with Gasteiger partial charge in [0.1, 0.15) is 34.7 Å². The molecule has 0 unspecified atom stereocenters. The minimum absolute atomic E-state index is 0.125. The van der Waals surface area contributed by atoms with Crippen LogP contribution in [-0.4, -0.2) is 37.9 Å². The number of fused-ring (bicyclic) bond motifs is 1. The molecule has 40 heavy (non-hydrogen) atoms. The molecule has 3 aromatic carbocycles. The number of aromatic nitrogens is 4. The Morgan fingerprint density at radius 1 is 0.875 bits per heavy atom. The van der Waals surface area contributed by atoms with Crippen molar-refractivity contribution >= 4 is 28.8 Å². The summed E-state index contributed by atoms with van der Waals surface area (Å²) in [6, 6.07) is 21.3. The Bertz CT molecular complexity index is 1740. The largest absolute Gasteiger partial charge is 0.497 e. The molecular weight excluding hydrogens is 512 g/mol. The van der Waals surface area contributed by atoms with Crippen molar-refractivity contribution in [2.75, 3.05) is 18.2 Å². The van der Waals surface area contributed by atoms with Crippen molar-refractivity contribution in [2.24, 2.45) is 0 Å². The molecule has 1 amide bonds. The highest BCUT2D eigenvalue weighted by Gasteiger charge is 2.22. The molecule has 3 N–H and O–H groups in total. The minimum Gasteiger partial charge on any atom is -0.497 e. The third kappa shape index (κ3) is 5.44. The highest BCUT2D eigenvalue weighted by Crippen LogP contribution is 2.29. The highest BCUT2D eigenvalue weighted by molar-refractivity contribution is 5.87. The molecule has 204 valence electrons. The van der Waals surface area contributed by atoms with Gasteiger partial charge in [0.2, 0.25) is 0 Å². The number of nitrogens with one attached hydrogen (secondary N) is 1. The number of nitrogens with zero attached hydrogens (tertiary/aromatic N) is 4. The molecule has 0 saturated heterocycles. The van der Waals surface area contributed by atoms with Gasteiger partial charge in [0.05, 0.1) is 18.5 Å². The number of methoxy groups -OCH3 is 1. The van der Waals surface area contributed by atoms with Gasteiger partial charge in [-0.25, -0.2) is 24.1 Å². The molecule has 5 aromatic rings. The van der Waals surface area contributed by atoms with Crippen LogP contribution in [0.25, 0.3) is 22.5 Å². The van der Waals surface area contributed by atoms with E-state index in [0.29, 0.717) is 39.8 Å². The van der Waals surface area contributed by atoms with E-state index in [2.05, 4.69) is 15.3 Å². The molecule has 0 spiro atoms. The van der Waals surface area contributed by atoms with Crippen molar-refractivity contribution in [1.29, 1.82) is 0 Å². The van der Waals surface area contributed by atoms with E-state index in [0.717, 1.165) is 0 Å². The van der Waals surface area contributed by atoms with E-state index < -0.39 is 17.4 Å². The maximum Gasteiger partial charge on any atom is 0.412 e. The Balaban J connectivity index is 1.59. The number of carbonyl (C=O) groups is 1. The lowest BCUT2D eigenvalue weighted by atomic mass is 10.2. The molecule has 0 aliphatic rings. The van der Waals surface area contributed by atoms with E-state index in [1.807, 2.05) is 30.3 Å². The topological polar surface area (TPSA) is 136 Å². The lowest BCUT2D eigenvalue weighted by Crippen LogP contribution is -2.27. The normalized spacial score (nSPS) is 11.3. The maximum atomic E-state index is 14.0. The van der Waals surface area contributed by atoms with Crippen LogP contribution in [-0.2, 0) is 4.74 Å². The Morgan fingerprint density at radius 2 is 1.57 bits per heavy atom. The van der Waals surface area contributed by atoms with Crippen molar-refractivity contribution in [2.45, 2.75) is 26.4 Å². The van der Waals surface area contributed by atoms with Crippen LogP contribution >= 0.6 is 0 Å². The Hall–Kier alpha value is -5.32. The summed E-state index contributed by atoms with van der Waals surface area (Å²) in [6.45, 7) is 5.30. The van der Waals surface area contributed by atoms with Crippen molar-refractivity contribution < 1.29 is 19.0 Å². The van der Waals surface area contributed by atoms with Crippen molar-refractivity contribution in [3.63, 3.8) is 0 Å². The number of hydrogen-bond acceptors (Lipinski definition) is 8. The summed E-state index contributed by atoms with van der Waals surface area (Å²) >= 11 is 0. The molecule has 0 fully saturated rings. The third-order valence-electron chi connectivity index (χ3n) is 5.75. The van der Waals surface area contributed by atoms with Crippen molar-refractivity contribution in [3.8, 4) is 28.6 Å². The predicted octanol–water partition coefficient (Wildman–Crippen LogP) is 5.30. The van der Waals surface area contributed by atoms with Gasteiger partial charge in [-0.05, 0) is 63.2 Å². The Kier molecular flexibility index (Phi) is 6.87. The number of carbonyl (C=O) groups excluding carboxylic acids is 1. The predicted molar refractivity (Wildman–Crippen MR) is 152 cm³/mol. The van der Waals surface area contributed by atoms with Crippen LogP contribution < -0.4 is 26.2 Å². The van der Waals surface area contributed by atoms with E-state index in [-0.39, 0.29) is 11.5 Å². The number of para-hydroxylation sites is 1. The molecule has 11 nitrogen and oxygen atoms in total. The molecule has 2 heterocycles. The van der Waals surface area contributed by atoms with Crippen molar-refractivity contribution in [1.82, 2.24) is 19.1 Å². The second-order valence-corrected chi connectivity index (χ2v) is 9.84. The van der Waals surface area contributed by atoms with Crippen LogP contribution in [0.4, 0.5) is 16.3 Å². The van der Waals surface area contributed by atoms with E-state index in [1.165, 1.54) is 22.6 Å². The minimum atomic E-state index is -0.688. The summed E-state index contributed by atoms with van der Waals surface area (Å²) in [7, 11) is 1.49. The van der Waals surface area contributed by atoms with Gasteiger partial charge in [-0.1, -0.05) is 18.2 Å². The van der Waals surface area contributed by atoms with E-state index in [1.54, 1.807) is 63.2 Å². The number of benzene rings is 3. The second kappa shape index (κ2) is 10.4. The summed E-state index contributed by atoms with van der Waals surface area (Å²) in [5.74, 6) is 1.82. The standard InChI is InChI=1S/C29H28N6O5/c1-29(2,3)40-27(36)33-18-14-20(16-23(15-18)38-4)35-26-24(25(30)31-17-32-26)34(28(35)37)19-10-12-22(13-11-19)39-21-8-6-5-7-9-21/h5-17H,1-4H3,(H,33,36)(H2,30,31,32). The quantitative estimate of drug-likeness (QED) is 0.296. The number of nitrogen functional groups attached to an aromatic ring is 1. The second-order valence-electron chi connectivity index (χ2n) is 9.84. The van der Waals surface area contributed by atoms with E-state index in [9.17, 15) is 9.59 Å². The van der Waals surface area contributed by atoms with Gasteiger partial charge in [-0.2, -0.15) is 0 Å². The zero-order valence-corrected chi connectivity index (χ0v) is 22.4. The molecule has 5 rings (SSSR count). The lowest BCUT2D eigenvalue weighted by Gasteiger charge is -2.20. The van der Waals surface area contributed by atoms with Crippen LogP contribution in [0, 0.1) is 0 Å². The lowest BCUT2D eigenvalue weighted by molar-refractivity contribution is 0.0636. The molecule has 2 aromatic heterocycles. The number of anilines is 2. The van der Waals surface area contributed by atoms with Gasteiger partial charge in [-0.3, -0.25) is 9.88 Å². The van der Waals surface area contributed by atoms with Gasteiger partial charge in [0, 0.05) is 17.8 Å². The summed E-state index contributed by atoms with van der Waals surface area (Å²) in [4.78, 5) is 34.9. The summed E-state index contributed by atoms with van der Waals surface area (Å²) in [5.41, 5.74) is 7.00. The number of hydrogen-bond donors (Lipinski definition) is 2. The molecular formula is C29H28N6O5. The monoisotopic (exact) mass is 540 g/mol. The molecule has 0 saturated carbocycles. The zero-order valence-electron chi connectivity index (χ0n) is 22.4. The summed E-state index contributed by atoms with van der Waals surface area (Å²) in [5, 5.41) is 2.69. The fourth-order valence-electron chi connectivity index (χ4n) is 4.13. The van der Waals surface area contributed by atoms with Gasteiger partial charge in [0.15, 0.2) is 11.5 Å². The first kappa shape index (κ1) is 26.3. The van der Waals surface area contributed by atoms with E-state index >= 15 is 0 Å². The van der Waals surface area contributed by atoms with Crippen LogP contribution in [0.2, 0.25) is 0 Å². The van der Waals surface area contributed by atoms with Gasteiger partial charge < -0.3 is 19.9 Å². The van der Waals surface area contributed by atoms with Crippen LogP contribution in [0.3, 0.4) is 0 Å². The molecule has 0 bridgehead atoms. The number of nitrogens with two attached hydrogens (primary N) is 1. The first-order chi connectivity index (χ1) is 19.1. The number of imidazole rings is 1. The van der Waals surface area contributed by atoms with Crippen LogP contribution in [0.15, 0.2) is 83.9 Å². The van der Waals surface area contributed by atoms with E-state index in [4.69, 9.17) is 19.9 Å². The van der Waals surface area contributed by atoms with Crippen LogP contribution in [0.1, 0.15) is 20.8 Å². The fourth-order valence-corrected chi connectivity index (χ4v) is 4.13. The van der Waals surface area contributed by atoms with Crippen LogP contribution in [0.5, 0.6) is 17.2 Å². The fraction of sp³-hybridized carbons (Fsp3) is 0.172. The maximum absolute atomic E-state index is 14.0. The van der Waals surface area contributed by atoms with Gasteiger partial charge in [0.25, 0.3) is 0 Å². The first-order valence-electron chi connectivity index (χ1n) is 12.4. The Labute approximate surface area is 229 Å². The highest BCUT2D eigenvalue weighted by atomic mass is 16.6. The van der Waals surface area contributed by atoms with Crippen molar-refractivity contribution in [3.05, 3.63) is 89.6 Å². The molecule has 0 aliphatic heterocycles. The SMILES string of the molecule is COc1cc(NC(=O)OC(C)(C)C)cc(-n2c(=O)n(-c3ccc(Oc4ccccc4)cc3)c3c(N)ncnc32)c1. The molecule has 0 atom stereocenters. The van der Waals surface area contributed by atoms with Gasteiger partial charge >= 0.3 is 11.8 Å². The average Bonchev–Trinajstić information content (AvgIpc) is 3.21. The van der Waals surface area contributed by atoms with Gasteiger partial charge in [-0.15, -0.1) is 0 Å². The summed E-state index contributed by atoms with van der Waals surface area (Å²) in [6.07, 6.45) is 0.639. The molecule has 0 radical (unpaired) electrons. The number of amides is 1. The molecule has 11 heteroatoms. The number of ether oxygens (including phenoxy) is 3. The average molecular weight is 541 g/mol. The number of rotatable bonds is 6. The smallest absolute Gasteiger partial charge is 0.412 e. The Morgan fingerprint density at radius 3 is 2.25 bits per heavy atom. The first-order valence-corrected chi connectivity index (χ1v) is 12.4. The molecule has 0 aliphatic carbocycles.